The van der Waals surface area contributed by atoms with E-state index in [2.05, 4.69) is 59.2 Å². The molecule has 182 valence electrons. The Morgan fingerprint density at radius 1 is 0.909 bits per heavy atom. The van der Waals surface area contributed by atoms with Crippen LogP contribution in [0.5, 0.6) is 0 Å². The molecule has 4 nitrogen and oxygen atoms in total. The van der Waals surface area contributed by atoms with Crippen LogP contribution in [-0.2, 0) is 13.1 Å². The Hall–Kier alpha value is -1.60. The van der Waals surface area contributed by atoms with Gasteiger partial charge in [-0.2, -0.15) is 0 Å². The summed E-state index contributed by atoms with van der Waals surface area (Å²) in [5.41, 5.74) is 4.44. The van der Waals surface area contributed by atoms with Crippen LogP contribution in [0.15, 0.2) is 60.8 Å². The predicted octanol–water partition coefficient (Wildman–Crippen LogP) is 6.11. The molecule has 0 aliphatic heterocycles. The lowest BCUT2D eigenvalue weighted by atomic mass is 10.1. The molecule has 2 aromatic heterocycles. The van der Waals surface area contributed by atoms with Crippen LogP contribution in [0.4, 0.5) is 4.39 Å². The van der Waals surface area contributed by atoms with Crippen molar-refractivity contribution >= 4 is 71.4 Å². The largest absolute Gasteiger partial charge is 0.334 e. The van der Waals surface area contributed by atoms with Crippen molar-refractivity contribution in [3.05, 3.63) is 77.9 Å². The summed E-state index contributed by atoms with van der Waals surface area (Å²) in [6.45, 7) is 3.43. The Morgan fingerprint density at radius 2 is 1.61 bits per heavy atom. The summed E-state index contributed by atoms with van der Waals surface area (Å²) in [6, 6.07) is 17.3. The van der Waals surface area contributed by atoms with Gasteiger partial charge in [-0.1, -0.05) is 30.3 Å². The molecule has 4 rings (SSSR count). The van der Waals surface area contributed by atoms with Gasteiger partial charge in [0.1, 0.15) is 5.82 Å². The van der Waals surface area contributed by atoms with E-state index in [0.717, 1.165) is 42.8 Å². The summed E-state index contributed by atoms with van der Waals surface area (Å²) in [6.07, 6.45) is 3.00. The summed E-state index contributed by atoms with van der Waals surface area (Å²) < 4.78 is 15.7. The zero-order chi connectivity index (χ0) is 20.2. The number of pyridine rings is 1. The number of nitrogens with zero attached hydrogens (tertiary/aromatic N) is 3. The molecule has 0 aliphatic rings. The fourth-order valence-electron chi connectivity index (χ4n) is 3.87. The van der Waals surface area contributed by atoms with E-state index >= 15 is 0 Å². The molecular weight excluding hydrogens is 505 g/mol. The van der Waals surface area contributed by atoms with Crippen LogP contribution < -0.4 is 5.32 Å². The number of nitrogens with one attached hydrogen (secondary N) is 1. The normalized spacial score (nSPS) is 10.3. The van der Waals surface area contributed by atoms with E-state index in [-0.39, 0.29) is 55.4 Å². The highest BCUT2D eigenvalue weighted by atomic mass is 35.5. The summed E-state index contributed by atoms with van der Waals surface area (Å²) in [4.78, 5) is 6.89. The second-order valence-corrected chi connectivity index (χ2v) is 7.72. The van der Waals surface area contributed by atoms with E-state index in [0.29, 0.717) is 6.54 Å². The smallest absolute Gasteiger partial charge is 0.123 e. The van der Waals surface area contributed by atoms with Gasteiger partial charge in [0.05, 0.1) is 11.2 Å². The minimum absolute atomic E-state index is 0. The lowest BCUT2D eigenvalue weighted by molar-refractivity contribution is 0.394. The van der Waals surface area contributed by atoms with Crippen LogP contribution in [0.2, 0.25) is 0 Å². The highest BCUT2D eigenvalue weighted by Crippen LogP contribution is 2.31. The van der Waals surface area contributed by atoms with Crippen LogP contribution in [0.1, 0.15) is 17.7 Å². The highest BCUT2D eigenvalue weighted by Gasteiger charge is 2.14. The van der Waals surface area contributed by atoms with Crippen molar-refractivity contribution in [2.45, 2.75) is 19.5 Å². The Bertz CT molecular complexity index is 1120. The third-order valence-electron chi connectivity index (χ3n) is 5.26. The first-order valence-corrected chi connectivity index (χ1v) is 10.1. The van der Waals surface area contributed by atoms with Gasteiger partial charge in [-0.3, -0.25) is 4.98 Å². The van der Waals surface area contributed by atoms with Gasteiger partial charge in [0.25, 0.3) is 0 Å². The quantitative estimate of drug-likeness (QED) is 0.276. The third kappa shape index (κ3) is 7.44. The van der Waals surface area contributed by atoms with Gasteiger partial charge >= 0.3 is 0 Å². The van der Waals surface area contributed by atoms with Crippen LogP contribution in [0.3, 0.4) is 0 Å². The second-order valence-electron chi connectivity index (χ2n) is 7.72. The average Bonchev–Trinajstić information content (AvgIpc) is 3.04. The SMILES string of the molecule is CN(C)CCCNCc1nccc2c3ccccc3n(Cc3ccc(F)cc3)c12.Cl.Cl.Cl.Cl. The molecule has 2 heterocycles. The topological polar surface area (TPSA) is 33.1 Å². The molecule has 1 N–H and O–H groups in total. The van der Waals surface area contributed by atoms with Gasteiger partial charge < -0.3 is 14.8 Å². The van der Waals surface area contributed by atoms with Gasteiger partial charge in [0, 0.05) is 35.6 Å². The third-order valence-corrected chi connectivity index (χ3v) is 5.26. The monoisotopic (exact) mass is 534 g/mol. The van der Waals surface area contributed by atoms with Crippen molar-refractivity contribution in [3.8, 4) is 0 Å². The number of para-hydroxylation sites is 1. The number of halogens is 5. The zero-order valence-corrected chi connectivity index (χ0v) is 21.9. The Morgan fingerprint density at radius 3 is 2.30 bits per heavy atom. The van der Waals surface area contributed by atoms with E-state index in [1.54, 1.807) is 0 Å². The van der Waals surface area contributed by atoms with E-state index < -0.39 is 0 Å². The Kier molecular flexibility index (Phi) is 13.9. The lowest BCUT2D eigenvalue weighted by Crippen LogP contribution is -2.21. The first-order valence-electron chi connectivity index (χ1n) is 10.1. The number of hydrogen-bond acceptors (Lipinski definition) is 3. The predicted molar refractivity (Wildman–Crippen MR) is 147 cm³/mol. The van der Waals surface area contributed by atoms with Crippen LogP contribution in [-0.4, -0.2) is 41.6 Å². The summed E-state index contributed by atoms with van der Waals surface area (Å²) in [7, 11) is 4.19. The molecule has 33 heavy (non-hydrogen) atoms. The molecular formula is C24H31Cl4FN4. The van der Waals surface area contributed by atoms with Gasteiger partial charge in [0.15, 0.2) is 0 Å². The highest BCUT2D eigenvalue weighted by molar-refractivity contribution is 6.08. The number of fused-ring (bicyclic) bond motifs is 3. The van der Waals surface area contributed by atoms with Crippen molar-refractivity contribution in [2.24, 2.45) is 0 Å². The van der Waals surface area contributed by atoms with Gasteiger partial charge in [-0.25, -0.2) is 4.39 Å². The van der Waals surface area contributed by atoms with E-state index in [4.69, 9.17) is 4.98 Å². The first-order chi connectivity index (χ1) is 14.1. The van der Waals surface area contributed by atoms with Crippen molar-refractivity contribution in [1.82, 2.24) is 19.8 Å². The number of benzene rings is 2. The molecule has 0 saturated carbocycles. The maximum absolute atomic E-state index is 13.4. The fraction of sp³-hybridized carbons (Fsp3) is 0.292. The molecule has 0 atom stereocenters. The van der Waals surface area contributed by atoms with Gasteiger partial charge in [-0.15, -0.1) is 49.6 Å². The second kappa shape index (κ2) is 14.6. The molecule has 0 unspecified atom stereocenters. The summed E-state index contributed by atoms with van der Waals surface area (Å²) in [5, 5.41) is 5.97. The molecule has 0 amide bonds. The maximum Gasteiger partial charge on any atom is 0.123 e. The average molecular weight is 536 g/mol. The van der Waals surface area contributed by atoms with Crippen LogP contribution in [0.25, 0.3) is 21.8 Å². The maximum atomic E-state index is 13.4. The van der Waals surface area contributed by atoms with Gasteiger partial charge in [0.2, 0.25) is 0 Å². The van der Waals surface area contributed by atoms with Crippen molar-refractivity contribution in [3.63, 3.8) is 0 Å². The zero-order valence-electron chi connectivity index (χ0n) is 18.7. The minimum atomic E-state index is -0.208. The van der Waals surface area contributed by atoms with E-state index in [9.17, 15) is 4.39 Å². The molecule has 2 aromatic carbocycles. The first kappa shape index (κ1) is 31.4. The Balaban J connectivity index is 0.00000256. The van der Waals surface area contributed by atoms with Gasteiger partial charge in [-0.05, 0) is 63.4 Å². The molecule has 0 bridgehead atoms. The van der Waals surface area contributed by atoms with Crippen molar-refractivity contribution < 1.29 is 4.39 Å². The summed E-state index contributed by atoms with van der Waals surface area (Å²) >= 11 is 0. The molecule has 9 heteroatoms. The number of aromatic nitrogens is 2. The molecule has 0 aliphatic carbocycles. The molecule has 0 saturated heterocycles. The fourth-order valence-corrected chi connectivity index (χ4v) is 3.87. The number of hydrogen-bond donors (Lipinski definition) is 1. The van der Waals surface area contributed by atoms with Crippen molar-refractivity contribution in [2.75, 3.05) is 27.2 Å². The van der Waals surface area contributed by atoms with Crippen molar-refractivity contribution in [1.29, 1.82) is 0 Å². The van der Waals surface area contributed by atoms with E-state index in [1.807, 2.05) is 18.3 Å². The van der Waals surface area contributed by atoms with Crippen LogP contribution in [0, 0.1) is 5.82 Å². The Labute approximate surface area is 219 Å². The minimum Gasteiger partial charge on any atom is -0.334 e. The van der Waals surface area contributed by atoms with Crippen LogP contribution >= 0.6 is 49.6 Å². The summed E-state index contributed by atoms with van der Waals surface area (Å²) in [5.74, 6) is -0.208. The molecule has 0 spiro atoms. The number of rotatable bonds is 8. The molecule has 0 radical (unpaired) electrons. The van der Waals surface area contributed by atoms with E-state index in [1.165, 1.54) is 28.4 Å². The standard InChI is InChI=1S/C24H27FN4.4ClH/c1-28(2)15-5-13-26-16-22-24-21(12-14-27-22)20-6-3-4-7-23(20)29(24)17-18-8-10-19(25)11-9-18;;;;/h3-4,6-12,14,26H,5,13,15-17H2,1-2H3;4*1H. The molecule has 0 fully saturated rings. The molecule has 4 aromatic rings. The lowest BCUT2D eigenvalue weighted by Gasteiger charge is -2.12.